The molecule has 27 heavy (non-hydrogen) atoms. The van der Waals surface area contributed by atoms with Crippen LogP contribution >= 0.6 is 0 Å². The minimum Gasteiger partial charge on any atom is -0.497 e. The predicted octanol–water partition coefficient (Wildman–Crippen LogP) is 4.26. The van der Waals surface area contributed by atoms with Gasteiger partial charge in [0.15, 0.2) is 5.78 Å². The van der Waals surface area contributed by atoms with Crippen LogP contribution in [0.25, 0.3) is 17.3 Å². The Bertz CT molecular complexity index is 940. The van der Waals surface area contributed by atoms with Crippen molar-refractivity contribution < 1.29 is 23.5 Å². The van der Waals surface area contributed by atoms with Crippen LogP contribution in [0.15, 0.2) is 59.1 Å². The monoisotopic (exact) mass is 365 g/mol. The van der Waals surface area contributed by atoms with Crippen molar-refractivity contribution in [3.63, 3.8) is 0 Å². The van der Waals surface area contributed by atoms with Crippen molar-refractivity contribution in [2.45, 2.75) is 0 Å². The van der Waals surface area contributed by atoms with Crippen molar-refractivity contribution in [1.82, 2.24) is 5.16 Å². The lowest BCUT2D eigenvalue weighted by Crippen LogP contribution is -1.94. The molecule has 6 nitrogen and oxygen atoms in total. The molecule has 0 aliphatic heterocycles. The third-order valence-electron chi connectivity index (χ3n) is 4.02. The Hall–Kier alpha value is -3.54. The second-order valence-electron chi connectivity index (χ2n) is 5.59. The van der Waals surface area contributed by atoms with Gasteiger partial charge in [0.1, 0.15) is 17.2 Å². The van der Waals surface area contributed by atoms with Gasteiger partial charge in [0, 0.05) is 11.1 Å². The Morgan fingerprint density at radius 2 is 1.48 bits per heavy atom. The molecule has 6 heteroatoms. The van der Waals surface area contributed by atoms with Crippen molar-refractivity contribution in [2.75, 3.05) is 21.3 Å². The standard InChI is InChI=1S/C21H19NO5/c1-24-16-8-4-14(5-9-16)19(23)13-12-18-20(22-27-21(18)26-3)15-6-10-17(25-2)11-7-15/h4-13H,1-3H3/b13-12-. The second kappa shape index (κ2) is 8.23. The van der Waals surface area contributed by atoms with Crippen molar-refractivity contribution >= 4 is 11.9 Å². The average Bonchev–Trinajstić information content (AvgIpc) is 3.15. The fourth-order valence-corrected chi connectivity index (χ4v) is 2.54. The second-order valence-corrected chi connectivity index (χ2v) is 5.59. The number of carbonyl (C=O) groups excluding carboxylic acids is 1. The molecule has 3 aromatic rings. The molecule has 0 aliphatic rings. The number of rotatable bonds is 7. The van der Waals surface area contributed by atoms with Crippen molar-refractivity contribution in [3.05, 3.63) is 65.7 Å². The van der Waals surface area contributed by atoms with Crippen LogP contribution in [0.4, 0.5) is 0 Å². The lowest BCUT2D eigenvalue weighted by atomic mass is 10.1. The highest BCUT2D eigenvalue weighted by molar-refractivity contribution is 6.07. The number of allylic oxidation sites excluding steroid dienone is 1. The summed E-state index contributed by atoms with van der Waals surface area (Å²) in [5, 5.41) is 4.07. The average molecular weight is 365 g/mol. The Balaban J connectivity index is 1.89. The highest BCUT2D eigenvalue weighted by Crippen LogP contribution is 2.32. The number of hydrogen-bond donors (Lipinski definition) is 0. The molecule has 0 spiro atoms. The number of hydrogen-bond acceptors (Lipinski definition) is 6. The van der Waals surface area contributed by atoms with Crippen LogP contribution < -0.4 is 14.2 Å². The molecule has 0 fully saturated rings. The molecule has 2 aromatic carbocycles. The van der Waals surface area contributed by atoms with Gasteiger partial charge in [-0.1, -0.05) is 5.16 Å². The summed E-state index contributed by atoms with van der Waals surface area (Å²) < 4.78 is 20.7. The summed E-state index contributed by atoms with van der Waals surface area (Å²) in [6.45, 7) is 0. The van der Waals surface area contributed by atoms with Gasteiger partial charge in [0.25, 0.3) is 0 Å². The minimum absolute atomic E-state index is 0.151. The Labute approximate surface area is 157 Å². The molecule has 0 amide bonds. The van der Waals surface area contributed by atoms with Crippen molar-refractivity contribution in [3.8, 4) is 28.7 Å². The molecule has 0 atom stereocenters. The van der Waals surface area contributed by atoms with E-state index in [9.17, 15) is 4.79 Å². The number of ether oxygens (including phenoxy) is 3. The van der Waals surface area contributed by atoms with E-state index in [1.165, 1.54) is 13.2 Å². The van der Waals surface area contributed by atoms with E-state index < -0.39 is 0 Å². The largest absolute Gasteiger partial charge is 0.497 e. The molecule has 0 N–H and O–H groups in total. The van der Waals surface area contributed by atoms with E-state index in [2.05, 4.69) is 5.16 Å². The number of ketones is 1. The molecule has 0 aliphatic carbocycles. The van der Waals surface area contributed by atoms with Gasteiger partial charge in [-0.3, -0.25) is 4.79 Å². The first-order valence-electron chi connectivity index (χ1n) is 8.20. The molecule has 0 bridgehead atoms. The van der Waals surface area contributed by atoms with E-state index in [0.717, 1.165) is 11.3 Å². The maximum atomic E-state index is 12.4. The number of benzene rings is 2. The van der Waals surface area contributed by atoms with E-state index in [1.807, 2.05) is 24.3 Å². The van der Waals surface area contributed by atoms with Crippen LogP contribution in [-0.2, 0) is 0 Å². The van der Waals surface area contributed by atoms with E-state index in [4.69, 9.17) is 18.7 Å². The van der Waals surface area contributed by atoms with Gasteiger partial charge in [-0.25, -0.2) is 0 Å². The first kappa shape index (κ1) is 18.3. The minimum atomic E-state index is -0.151. The molecule has 0 radical (unpaired) electrons. The summed E-state index contributed by atoms with van der Waals surface area (Å²) in [5.74, 6) is 1.51. The molecular weight excluding hydrogens is 346 g/mol. The molecule has 0 unspecified atom stereocenters. The fourth-order valence-electron chi connectivity index (χ4n) is 2.54. The fraction of sp³-hybridized carbons (Fsp3) is 0.143. The predicted molar refractivity (Wildman–Crippen MR) is 101 cm³/mol. The molecule has 3 rings (SSSR count). The number of nitrogens with zero attached hydrogens (tertiary/aromatic N) is 1. The summed E-state index contributed by atoms with van der Waals surface area (Å²) >= 11 is 0. The first-order chi connectivity index (χ1) is 13.2. The van der Waals surface area contributed by atoms with Crippen LogP contribution in [0.3, 0.4) is 0 Å². The normalized spacial score (nSPS) is 10.8. The lowest BCUT2D eigenvalue weighted by Gasteiger charge is -2.02. The van der Waals surface area contributed by atoms with Crippen molar-refractivity contribution in [2.24, 2.45) is 0 Å². The highest BCUT2D eigenvalue weighted by atomic mass is 16.6. The quantitative estimate of drug-likeness (QED) is 0.460. The molecular formula is C21H19NO5. The zero-order valence-electron chi connectivity index (χ0n) is 15.3. The maximum Gasteiger partial charge on any atom is 0.318 e. The van der Waals surface area contributed by atoms with E-state index >= 15 is 0 Å². The molecule has 138 valence electrons. The zero-order chi connectivity index (χ0) is 19.2. The van der Waals surface area contributed by atoms with E-state index in [0.29, 0.717) is 22.6 Å². The van der Waals surface area contributed by atoms with Crippen LogP contribution in [-0.4, -0.2) is 32.3 Å². The van der Waals surface area contributed by atoms with Crippen LogP contribution in [0, 0.1) is 0 Å². The van der Waals surface area contributed by atoms with Gasteiger partial charge in [-0.05, 0) is 60.7 Å². The summed E-state index contributed by atoms with van der Waals surface area (Å²) in [6, 6.07) is 14.3. The van der Waals surface area contributed by atoms with Gasteiger partial charge in [-0.15, -0.1) is 0 Å². The topological polar surface area (TPSA) is 70.8 Å². The van der Waals surface area contributed by atoms with Crippen LogP contribution in [0.5, 0.6) is 17.4 Å². The molecule has 0 saturated carbocycles. The molecule has 0 saturated heterocycles. The van der Waals surface area contributed by atoms with Crippen LogP contribution in [0.2, 0.25) is 0 Å². The van der Waals surface area contributed by atoms with Gasteiger partial charge >= 0.3 is 5.95 Å². The Morgan fingerprint density at radius 1 is 0.889 bits per heavy atom. The van der Waals surface area contributed by atoms with Gasteiger partial charge in [-0.2, -0.15) is 0 Å². The third kappa shape index (κ3) is 4.00. The SMILES string of the molecule is COc1ccc(C(=O)/C=C\c2c(-c3ccc(OC)cc3)noc2OC)cc1. The summed E-state index contributed by atoms with van der Waals surface area (Å²) in [5.41, 5.74) is 2.53. The lowest BCUT2D eigenvalue weighted by molar-refractivity contribution is 0.104. The summed E-state index contributed by atoms with van der Waals surface area (Å²) in [7, 11) is 4.67. The molecule has 1 heterocycles. The van der Waals surface area contributed by atoms with Gasteiger partial charge in [0.2, 0.25) is 0 Å². The van der Waals surface area contributed by atoms with E-state index in [-0.39, 0.29) is 11.7 Å². The Kier molecular flexibility index (Phi) is 5.56. The van der Waals surface area contributed by atoms with Gasteiger partial charge in [0.05, 0.1) is 26.9 Å². The van der Waals surface area contributed by atoms with E-state index in [1.54, 1.807) is 44.6 Å². The van der Waals surface area contributed by atoms with Crippen molar-refractivity contribution in [1.29, 1.82) is 0 Å². The first-order valence-corrected chi connectivity index (χ1v) is 8.20. The summed E-state index contributed by atoms with van der Waals surface area (Å²) in [6.07, 6.45) is 3.10. The molecule has 1 aromatic heterocycles. The smallest absolute Gasteiger partial charge is 0.318 e. The number of carbonyl (C=O) groups is 1. The highest BCUT2D eigenvalue weighted by Gasteiger charge is 2.16. The Morgan fingerprint density at radius 3 is 2.04 bits per heavy atom. The number of aromatic nitrogens is 1. The zero-order valence-corrected chi connectivity index (χ0v) is 15.3. The van der Waals surface area contributed by atoms with Crippen LogP contribution in [0.1, 0.15) is 15.9 Å². The number of methoxy groups -OCH3 is 3. The summed E-state index contributed by atoms with van der Waals surface area (Å²) in [4.78, 5) is 12.4. The van der Waals surface area contributed by atoms with Gasteiger partial charge < -0.3 is 18.7 Å². The third-order valence-corrected chi connectivity index (χ3v) is 4.02. The maximum absolute atomic E-state index is 12.4.